The van der Waals surface area contributed by atoms with Crippen LogP contribution < -0.4 is 0 Å². The quantitative estimate of drug-likeness (QED) is 0.604. The number of hydrogen-bond acceptors (Lipinski definition) is 4. The number of hydrogen-bond donors (Lipinski definition) is 2. The molecule has 0 aliphatic rings. The van der Waals surface area contributed by atoms with Crippen molar-refractivity contribution in [3.05, 3.63) is 38.9 Å². The van der Waals surface area contributed by atoms with Crippen LogP contribution >= 0.6 is 11.6 Å². The van der Waals surface area contributed by atoms with E-state index in [9.17, 15) is 14.9 Å². The molecule has 1 rings (SSSR count). The number of carboxylic acids is 1. The molecule has 1 aromatic rings. The monoisotopic (exact) mass is 231 g/mol. The van der Waals surface area contributed by atoms with E-state index in [0.29, 0.717) is 0 Å². The zero-order chi connectivity index (χ0) is 11.6. The summed E-state index contributed by atoms with van der Waals surface area (Å²) in [4.78, 5) is 20.1. The summed E-state index contributed by atoms with van der Waals surface area (Å²) in [5.74, 6) is -1.49. The van der Waals surface area contributed by atoms with Crippen molar-refractivity contribution >= 4 is 23.3 Å². The van der Waals surface area contributed by atoms with Crippen molar-refractivity contribution in [2.75, 3.05) is 0 Å². The number of carbonyl (C=O) groups is 1. The van der Waals surface area contributed by atoms with E-state index in [1.807, 2.05) is 0 Å². The number of non-ortho nitro benzene ring substituents is 1. The highest BCUT2D eigenvalue weighted by Gasteiger charge is 2.19. The lowest BCUT2D eigenvalue weighted by molar-refractivity contribution is -0.384. The molecule has 0 aliphatic carbocycles. The fourth-order valence-corrected chi connectivity index (χ4v) is 1.24. The molecule has 80 valence electrons. The molecule has 0 aromatic heterocycles. The third-order valence-corrected chi connectivity index (χ3v) is 1.88. The minimum absolute atomic E-state index is 0.000463. The summed E-state index contributed by atoms with van der Waals surface area (Å²) in [6, 6.07) is 3.19. The number of aliphatic hydroxyl groups excluding tert-OH is 1. The van der Waals surface area contributed by atoms with E-state index in [2.05, 4.69) is 0 Å². The summed E-state index contributed by atoms with van der Waals surface area (Å²) < 4.78 is 0. The van der Waals surface area contributed by atoms with Gasteiger partial charge in [0.2, 0.25) is 0 Å². The lowest BCUT2D eigenvalue weighted by atomic mass is 10.1. The maximum absolute atomic E-state index is 10.4. The number of aliphatic carboxylic acids is 1. The van der Waals surface area contributed by atoms with E-state index < -0.39 is 17.0 Å². The Bertz CT molecular complexity index is 419. The van der Waals surface area contributed by atoms with Gasteiger partial charge in [0.05, 0.1) is 4.92 Å². The zero-order valence-electron chi connectivity index (χ0n) is 7.25. The normalized spacial score (nSPS) is 12.1. The lowest BCUT2D eigenvalue weighted by Gasteiger charge is -2.05. The van der Waals surface area contributed by atoms with Crippen molar-refractivity contribution in [3.63, 3.8) is 0 Å². The van der Waals surface area contributed by atoms with Crippen molar-refractivity contribution in [2.24, 2.45) is 0 Å². The van der Waals surface area contributed by atoms with E-state index in [-0.39, 0.29) is 16.3 Å². The van der Waals surface area contributed by atoms with Crippen molar-refractivity contribution in [1.29, 1.82) is 0 Å². The Hall–Kier alpha value is -1.66. The Kier molecular flexibility index (Phi) is 3.23. The fraction of sp³-hybridized carbons (Fsp3) is 0.125. The van der Waals surface area contributed by atoms with Crippen molar-refractivity contribution < 1.29 is 19.9 Å². The molecule has 2 N–H and O–H groups in total. The largest absolute Gasteiger partial charge is 0.479 e. The molecular formula is C8H6ClNO5. The highest BCUT2D eigenvalue weighted by molar-refractivity contribution is 6.30. The summed E-state index contributed by atoms with van der Waals surface area (Å²) in [7, 11) is 0. The van der Waals surface area contributed by atoms with E-state index >= 15 is 0 Å². The Balaban J connectivity index is 3.20. The maximum Gasteiger partial charge on any atom is 0.337 e. The van der Waals surface area contributed by atoms with Gasteiger partial charge in [-0.05, 0) is 11.6 Å². The summed E-state index contributed by atoms with van der Waals surface area (Å²) in [5.41, 5.74) is -0.487. The Labute approximate surface area is 88.9 Å². The molecule has 0 saturated carbocycles. The summed E-state index contributed by atoms with van der Waals surface area (Å²) in [6.45, 7) is 0. The fourth-order valence-electron chi connectivity index (χ4n) is 1.00. The molecule has 0 spiro atoms. The van der Waals surface area contributed by atoms with Crippen LogP contribution in [-0.4, -0.2) is 21.1 Å². The Morgan fingerprint density at radius 1 is 1.47 bits per heavy atom. The van der Waals surface area contributed by atoms with Crippen LogP contribution in [0.4, 0.5) is 5.69 Å². The van der Waals surface area contributed by atoms with E-state index in [1.165, 1.54) is 0 Å². The van der Waals surface area contributed by atoms with Crippen LogP contribution in [0, 0.1) is 10.1 Å². The molecule has 0 amide bonds. The molecular weight excluding hydrogens is 226 g/mol. The van der Waals surface area contributed by atoms with E-state index in [0.717, 1.165) is 18.2 Å². The third kappa shape index (κ3) is 2.64. The summed E-state index contributed by atoms with van der Waals surface area (Å²) in [5, 5.41) is 28.1. The number of nitro groups is 1. The van der Waals surface area contributed by atoms with Crippen molar-refractivity contribution in [1.82, 2.24) is 0 Å². The number of nitro benzene ring substituents is 1. The minimum atomic E-state index is -1.82. The number of halogens is 1. The van der Waals surface area contributed by atoms with Crippen LogP contribution in [0.25, 0.3) is 0 Å². The second-order valence-electron chi connectivity index (χ2n) is 2.74. The van der Waals surface area contributed by atoms with Gasteiger partial charge in [0.25, 0.3) is 5.69 Å². The van der Waals surface area contributed by atoms with Crippen molar-refractivity contribution in [3.8, 4) is 0 Å². The SMILES string of the molecule is O=C(O)[C@@H](O)c1cc(Cl)cc([N+](=O)[O-])c1. The van der Waals surface area contributed by atoms with Gasteiger partial charge in [-0.2, -0.15) is 0 Å². The van der Waals surface area contributed by atoms with Gasteiger partial charge in [-0.25, -0.2) is 4.79 Å². The van der Waals surface area contributed by atoms with Gasteiger partial charge in [-0.3, -0.25) is 10.1 Å². The molecule has 0 unspecified atom stereocenters. The van der Waals surface area contributed by atoms with Gasteiger partial charge >= 0.3 is 5.97 Å². The van der Waals surface area contributed by atoms with Gasteiger partial charge in [0, 0.05) is 17.2 Å². The molecule has 15 heavy (non-hydrogen) atoms. The van der Waals surface area contributed by atoms with Crippen LogP contribution in [0.3, 0.4) is 0 Å². The van der Waals surface area contributed by atoms with Gasteiger partial charge in [0.1, 0.15) is 0 Å². The topological polar surface area (TPSA) is 101 Å². The lowest BCUT2D eigenvalue weighted by Crippen LogP contribution is -2.10. The highest BCUT2D eigenvalue weighted by Crippen LogP contribution is 2.24. The molecule has 0 aliphatic heterocycles. The number of aliphatic hydroxyl groups is 1. The van der Waals surface area contributed by atoms with Gasteiger partial charge < -0.3 is 10.2 Å². The smallest absolute Gasteiger partial charge is 0.337 e. The molecule has 0 bridgehead atoms. The number of rotatable bonds is 3. The first-order chi connectivity index (χ1) is 6.91. The first kappa shape index (κ1) is 11.4. The molecule has 0 radical (unpaired) electrons. The minimum Gasteiger partial charge on any atom is -0.479 e. The van der Waals surface area contributed by atoms with Gasteiger partial charge in [-0.1, -0.05) is 11.6 Å². The van der Waals surface area contributed by atoms with Crippen molar-refractivity contribution in [2.45, 2.75) is 6.10 Å². The summed E-state index contributed by atoms with van der Waals surface area (Å²) in [6.07, 6.45) is -1.82. The zero-order valence-corrected chi connectivity index (χ0v) is 8.01. The van der Waals surface area contributed by atoms with Crippen LogP contribution in [0.1, 0.15) is 11.7 Å². The first-order valence-electron chi connectivity index (χ1n) is 3.77. The predicted molar refractivity (Wildman–Crippen MR) is 50.7 cm³/mol. The Morgan fingerprint density at radius 3 is 2.53 bits per heavy atom. The molecule has 6 nitrogen and oxygen atoms in total. The number of benzene rings is 1. The predicted octanol–water partition coefficient (Wildman–Crippen LogP) is 1.37. The van der Waals surface area contributed by atoms with Crippen LogP contribution in [0.2, 0.25) is 5.02 Å². The molecule has 1 atom stereocenters. The number of carboxylic acid groups (broad SMARTS) is 1. The highest BCUT2D eigenvalue weighted by atomic mass is 35.5. The van der Waals surface area contributed by atoms with Crippen LogP contribution in [0.5, 0.6) is 0 Å². The van der Waals surface area contributed by atoms with E-state index in [4.69, 9.17) is 21.8 Å². The molecule has 0 saturated heterocycles. The summed E-state index contributed by atoms with van der Waals surface area (Å²) >= 11 is 5.53. The molecule has 0 fully saturated rings. The van der Waals surface area contributed by atoms with Gasteiger partial charge in [-0.15, -0.1) is 0 Å². The van der Waals surface area contributed by atoms with Crippen LogP contribution in [-0.2, 0) is 4.79 Å². The first-order valence-corrected chi connectivity index (χ1v) is 4.15. The average molecular weight is 232 g/mol. The maximum atomic E-state index is 10.4. The van der Waals surface area contributed by atoms with E-state index in [1.54, 1.807) is 0 Å². The van der Waals surface area contributed by atoms with Crippen LogP contribution in [0.15, 0.2) is 18.2 Å². The standard InChI is InChI=1S/C8H6ClNO5/c9-5-1-4(7(11)8(12)13)2-6(3-5)10(14)15/h1-3,7,11H,(H,12,13)/t7-/m0/s1. The molecule has 0 heterocycles. The second-order valence-corrected chi connectivity index (χ2v) is 3.18. The molecule has 1 aromatic carbocycles. The second kappa shape index (κ2) is 4.24. The number of nitrogens with zero attached hydrogens (tertiary/aromatic N) is 1. The van der Waals surface area contributed by atoms with Gasteiger partial charge in [0.15, 0.2) is 6.10 Å². The Morgan fingerprint density at radius 2 is 2.07 bits per heavy atom. The third-order valence-electron chi connectivity index (χ3n) is 1.67. The molecule has 7 heteroatoms. The average Bonchev–Trinajstić information content (AvgIpc) is 2.15.